The fourth-order valence-electron chi connectivity index (χ4n) is 0.130. The Bertz CT molecular complexity index is 73.3. The van der Waals surface area contributed by atoms with Crippen LogP contribution in [0, 0.1) is 0 Å². The highest BCUT2D eigenvalue weighted by molar-refractivity contribution is 4.61. The van der Waals surface area contributed by atoms with Crippen LogP contribution in [-0.4, -0.2) is 6.61 Å². The van der Waals surface area contributed by atoms with E-state index in [-0.39, 0.29) is 6.61 Å². The Kier molecular flexibility index (Phi) is 8.00. The minimum atomic E-state index is 0.0988. The van der Waals surface area contributed by atoms with E-state index in [1.807, 2.05) is 0 Å². The molecule has 0 aliphatic rings. The van der Waals surface area contributed by atoms with Gasteiger partial charge in [-0.15, -0.1) is 6.58 Å². The molecule has 0 N–H and O–H groups in total. The molecule has 60 valence electrons. The molecule has 0 aromatic carbocycles. The van der Waals surface area contributed by atoms with Gasteiger partial charge in [-0.3, -0.25) is 5.04 Å². The zero-order valence-electron chi connectivity index (χ0n) is 4.85. The molecule has 0 heterocycles. The lowest BCUT2D eigenvalue weighted by molar-refractivity contribution is -0.898. The van der Waals surface area contributed by atoms with Gasteiger partial charge in [0.05, 0.1) is 0 Å². The highest BCUT2D eigenvalue weighted by atomic mass is 17.9. The van der Waals surface area contributed by atoms with E-state index in [0.29, 0.717) is 0 Å². The molecule has 0 aliphatic heterocycles. The Balaban J connectivity index is 2.70. The molecule has 0 saturated heterocycles. The summed E-state index contributed by atoms with van der Waals surface area (Å²) >= 11 is 0. The summed E-state index contributed by atoms with van der Waals surface area (Å²) in [6, 6.07) is 0. The molecule has 0 aromatic rings. The molecule has 0 saturated carbocycles. The summed E-state index contributed by atoms with van der Waals surface area (Å²) in [4.78, 5) is 4.13. The molecule has 10 heavy (non-hydrogen) atoms. The predicted molar refractivity (Wildman–Crippen MR) is 21.6 cm³/mol. The second-order valence-corrected chi connectivity index (χ2v) is 0.913. The van der Waals surface area contributed by atoms with Crippen molar-refractivity contribution in [1.29, 1.82) is 0 Å². The Labute approximate surface area is 55.8 Å². The van der Waals surface area contributed by atoms with Gasteiger partial charge >= 0.3 is 0 Å². The summed E-state index contributed by atoms with van der Waals surface area (Å²) in [7, 11) is 0. The van der Waals surface area contributed by atoms with Crippen LogP contribution in [0.2, 0.25) is 0 Å². The average molecular weight is 153 g/mol. The maximum Gasteiger partial charge on any atom is 0.103 e. The monoisotopic (exact) mass is 153 g/mol. The van der Waals surface area contributed by atoms with Crippen molar-refractivity contribution < 1.29 is 35.3 Å². The van der Waals surface area contributed by atoms with Crippen molar-refractivity contribution in [1.82, 2.24) is 0 Å². The highest BCUT2D eigenvalue weighted by Gasteiger charge is 1.86. The lowest BCUT2D eigenvalue weighted by atomic mass is 10.7. The van der Waals surface area contributed by atoms with Crippen LogP contribution in [-0.2, 0) is 30.1 Å². The van der Waals surface area contributed by atoms with Crippen molar-refractivity contribution in [3.05, 3.63) is 12.7 Å². The lowest BCUT2D eigenvalue weighted by Gasteiger charge is -2.00. The molecule has 0 amide bonds. The van der Waals surface area contributed by atoms with E-state index in [1.165, 1.54) is 6.08 Å². The first-order valence-electron chi connectivity index (χ1n) is 2.11. The van der Waals surface area contributed by atoms with E-state index in [4.69, 9.17) is 5.26 Å². The van der Waals surface area contributed by atoms with Crippen LogP contribution >= 0.6 is 0 Å². The smallest absolute Gasteiger partial charge is 0.103 e. The minimum Gasteiger partial charge on any atom is -0.689 e. The maximum absolute atomic E-state index is 8.98. The van der Waals surface area contributed by atoms with Gasteiger partial charge in [0.1, 0.15) is 6.61 Å². The summed E-state index contributed by atoms with van der Waals surface area (Å²) in [6.45, 7) is 3.39. The standard InChI is InChI=1S/C3H6O7/c1-2-3-5-7-9-10-8-6-4/h2,4H,1,3H2/p-1. The van der Waals surface area contributed by atoms with Crippen LogP contribution in [0.5, 0.6) is 0 Å². The Hall–Kier alpha value is -0.540. The predicted octanol–water partition coefficient (Wildman–Crippen LogP) is -0.878. The summed E-state index contributed by atoms with van der Waals surface area (Å²) in [5.74, 6) is 0. The van der Waals surface area contributed by atoms with Gasteiger partial charge in [0.15, 0.2) is 0 Å². The van der Waals surface area contributed by atoms with Crippen LogP contribution in [0.3, 0.4) is 0 Å². The molecule has 0 spiro atoms. The molecule has 0 aromatic heterocycles. The van der Waals surface area contributed by atoms with Crippen LogP contribution < -0.4 is 5.26 Å². The lowest BCUT2D eigenvalue weighted by Crippen LogP contribution is -2.07. The molecule has 7 heteroatoms. The van der Waals surface area contributed by atoms with Crippen LogP contribution in [0.25, 0.3) is 0 Å². The first-order valence-corrected chi connectivity index (χ1v) is 2.11. The summed E-state index contributed by atoms with van der Waals surface area (Å²) in [5, 5.41) is 25.6. The maximum atomic E-state index is 8.98. The van der Waals surface area contributed by atoms with Crippen molar-refractivity contribution >= 4 is 0 Å². The molecule has 0 fully saturated rings. The number of hydrogen-bond donors (Lipinski definition) is 0. The van der Waals surface area contributed by atoms with Gasteiger partial charge in [0, 0.05) is 0 Å². The molecule has 0 aliphatic carbocycles. The van der Waals surface area contributed by atoms with E-state index < -0.39 is 0 Å². The van der Waals surface area contributed by atoms with Crippen molar-refractivity contribution in [2.24, 2.45) is 0 Å². The van der Waals surface area contributed by atoms with E-state index in [1.54, 1.807) is 0 Å². The van der Waals surface area contributed by atoms with E-state index in [9.17, 15) is 0 Å². The molecule has 0 radical (unpaired) electrons. The topological polar surface area (TPSA) is 78.4 Å². The van der Waals surface area contributed by atoms with Gasteiger partial charge in [0.2, 0.25) is 0 Å². The van der Waals surface area contributed by atoms with E-state index in [2.05, 4.69) is 36.7 Å². The Morgan fingerprint density at radius 2 is 1.90 bits per heavy atom. The van der Waals surface area contributed by atoms with Crippen LogP contribution in [0.15, 0.2) is 12.7 Å². The minimum absolute atomic E-state index is 0.0988. The molecule has 0 unspecified atom stereocenters. The quantitative estimate of drug-likeness (QED) is 0.203. The second kappa shape index (κ2) is 8.46. The van der Waals surface area contributed by atoms with E-state index in [0.717, 1.165) is 0 Å². The van der Waals surface area contributed by atoms with Gasteiger partial charge in [0.25, 0.3) is 0 Å². The van der Waals surface area contributed by atoms with Gasteiger partial charge in [-0.2, -0.15) is 4.89 Å². The summed E-state index contributed by atoms with van der Waals surface area (Å²) in [5.41, 5.74) is 0. The molecular weight excluding hydrogens is 148 g/mol. The second-order valence-electron chi connectivity index (χ2n) is 0.913. The Morgan fingerprint density at radius 1 is 1.20 bits per heavy atom. The molecule has 0 bridgehead atoms. The van der Waals surface area contributed by atoms with Gasteiger partial charge in [-0.1, -0.05) is 6.08 Å². The van der Waals surface area contributed by atoms with Gasteiger partial charge in [-0.25, -0.2) is 0 Å². The molecule has 0 atom stereocenters. The summed E-state index contributed by atoms with van der Waals surface area (Å²) < 4.78 is 0. The Morgan fingerprint density at radius 3 is 2.50 bits per heavy atom. The zero-order chi connectivity index (χ0) is 7.66. The van der Waals surface area contributed by atoms with Gasteiger partial charge < -0.3 is 5.26 Å². The third-order valence-corrected chi connectivity index (χ3v) is 0.345. The van der Waals surface area contributed by atoms with Crippen molar-refractivity contribution in [3.8, 4) is 0 Å². The highest BCUT2D eigenvalue weighted by Crippen LogP contribution is 1.83. The van der Waals surface area contributed by atoms with Crippen LogP contribution in [0.1, 0.15) is 0 Å². The fraction of sp³-hybridized carbons (Fsp3) is 0.333. The first kappa shape index (κ1) is 9.46. The van der Waals surface area contributed by atoms with Crippen molar-refractivity contribution in [2.45, 2.75) is 0 Å². The first-order chi connectivity index (χ1) is 4.91. The average Bonchev–Trinajstić information content (AvgIpc) is 1.97. The SMILES string of the molecule is C=CCOOOOOO[O-]. The molecule has 7 nitrogen and oxygen atoms in total. The van der Waals surface area contributed by atoms with Crippen LogP contribution in [0.4, 0.5) is 0 Å². The third kappa shape index (κ3) is 7.46. The summed E-state index contributed by atoms with van der Waals surface area (Å²) in [6.07, 6.45) is 1.40. The number of hydrogen-bond acceptors (Lipinski definition) is 7. The largest absolute Gasteiger partial charge is 0.689 e. The molecular formula is C3H5O7-. The van der Waals surface area contributed by atoms with Crippen molar-refractivity contribution in [2.75, 3.05) is 6.61 Å². The van der Waals surface area contributed by atoms with E-state index >= 15 is 0 Å². The normalized spacial score (nSPS) is 9.70. The van der Waals surface area contributed by atoms with Gasteiger partial charge in [-0.05, 0) is 20.2 Å². The fourth-order valence-corrected chi connectivity index (χ4v) is 0.130. The third-order valence-electron chi connectivity index (χ3n) is 0.345. The zero-order valence-corrected chi connectivity index (χ0v) is 4.85. The van der Waals surface area contributed by atoms with Crippen molar-refractivity contribution in [3.63, 3.8) is 0 Å². The number of rotatable bonds is 7. The molecule has 0 rings (SSSR count).